The molecule has 0 aliphatic heterocycles. The number of carbonyl (C=O) groups is 1. The molecule has 3 nitrogen and oxygen atoms in total. The number of nitrogens with one attached hydrogen (secondary N) is 1. The van der Waals surface area contributed by atoms with Crippen molar-refractivity contribution in [1.29, 1.82) is 0 Å². The summed E-state index contributed by atoms with van der Waals surface area (Å²) in [6.07, 6.45) is 6.70. The summed E-state index contributed by atoms with van der Waals surface area (Å²) in [5, 5.41) is 3.51. The Morgan fingerprint density at radius 2 is 1.89 bits per heavy atom. The highest BCUT2D eigenvalue weighted by molar-refractivity contribution is 5.72. The van der Waals surface area contributed by atoms with E-state index >= 15 is 0 Å². The van der Waals surface area contributed by atoms with Crippen LogP contribution >= 0.6 is 0 Å². The molecule has 1 aliphatic carbocycles. The molecule has 0 spiro atoms. The third-order valence-electron chi connectivity index (χ3n) is 4.14. The molecule has 0 saturated heterocycles. The number of rotatable bonds is 8. The second-order valence-electron chi connectivity index (χ2n) is 6.59. The van der Waals surface area contributed by atoms with Gasteiger partial charge < -0.3 is 10.1 Å². The molecule has 1 fully saturated rings. The lowest BCUT2D eigenvalue weighted by atomic mass is 9.78. The third kappa shape index (κ3) is 5.52. The number of ether oxygens (including phenoxy) is 1. The van der Waals surface area contributed by atoms with Crippen LogP contribution in [-0.4, -0.2) is 25.7 Å². The predicted molar refractivity (Wildman–Crippen MR) is 79.0 cm³/mol. The van der Waals surface area contributed by atoms with E-state index in [0.29, 0.717) is 12.0 Å². The van der Waals surface area contributed by atoms with Crippen LogP contribution in [0.25, 0.3) is 0 Å². The fourth-order valence-electron chi connectivity index (χ4n) is 3.37. The van der Waals surface area contributed by atoms with Crippen LogP contribution < -0.4 is 5.32 Å². The smallest absolute Gasteiger partial charge is 0.309 e. The van der Waals surface area contributed by atoms with Gasteiger partial charge >= 0.3 is 5.97 Å². The van der Waals surface area contributed by atoms with Crippen LogP contribution in [0.15, 0.2) is 0 Å². The second kappa shape index (κ2) is 7.88. The van der Waals surface area contributed by atoms with Crippen LogP contribution in [0.1, 0.15) is 59.8 Å². The second-order valence-corrected chi connectivity index (χ2v) is 6.59. The molecule has 0 amide bonds. The van der Waals surface area contributed by atoms with Gasteiger partial charge in [0.25, 0.3) is 0 Å². The van der Waals surface area contributed by atoms with Crippen LogP contribution in [0.4, 0.5) is 0 Å². The highest BCUT2D eigenvalue weighted by Crippen LogP contribution is 2.42. The van der Waals surface area contributed by atoms with Crippen molar-refractivity contribution in [2.75, 3.05) is 19.7 Å². The largest absolute Gasteiger partial charge is 0.466 e. The molecule has 1 atom stereocenters. The van der Waals surface area contributed by atoms with Crippen LogP contribution in [0, 0.1) is 17.3 Å². The first kappa shape index (κ1) is 16.5. The molecule has 1 N–H and O–H groups in total. The summed E-state index contributed by atoms with van der Waals surface area (Å²) in [6.45, 7) is 10.7. The van der Waals surface area contributed by atoms with Crippen molar-refractivity contribution in [1.82, 2.24) is 5.32 Å². The maximum Gasteiger partial charge on any atom is 0.309 e. The summed E-state index contributed by atoms with van der Waals surface area (Å²) < 4.78 is 5.04. The quantitative estimate of drug-likeness (QED) is 0.686. The fourth-order valence-corrected chi connectivity index (χ4v) is 3.37. The van der Waals surface area contributed by atoms with E-state index in [-0.39, 0.29) is 11.9 Å². The van der Waals surface area contributed by atoms with Gasteiger partial charge in [-0.1, -0.05) is 33.6 Å². The van der Waals surface area contributed by atoms with Gasteiger partial charge in [0.1, 0.15) is 0 Å². The molecule has 1 rings (SSSR count). The van der Waals surface area contributed by atoms with Crippen molar-refractivity contribution in [2.45, 2.75) is 59.8 Å². The molecule has 112 valence electrons. The summed E-state index contributed by atoms with van der Waals surface area (Å²) >= 11 is 0. The van der Waals surface area contributed by atoms with Crippen LogP contribution in [0.2, 0.25) is 0 Å². The van der Waals surface area contributed by atoms with Crippen LogP contribution in [-0.2, 0) is 9.53 Å². The number of hydrogen-bond donors (Lipinski definition) is 1. The SMILES string of the molecule is CCOC(=O)C(C)CNCC1(CC(C)C)CCCC1. The van der Waals surface area contributed by atoms with Crippen molar-refractivity contribution >= 4 is 5.97 Å². The van der Waals surface area contributed by atoms with Crippen molar-refractivity contribution in [3.05, 3.63) is 0 Å². The number of hydrogen-bond acceptors (Lipinski definition) is 3. The van der Waals surface area contributed by atoms with Crippen LogP contribution in [0.3, 0.4) is 0 Å². The van der Waals surface area contributed by atoms with Gasteiger partial charge in [-0.15, -0.1) is 0 Å². The molecule has 0 radical (unpaired) electrons. The van der Waals surface area contributed by atoms with Gasteiger partial charge in [-0.3, -0.25) is 4.79 Å². The van der Waals surface area contributed by atoms with E-state index in [9.17, 15) is 4.79 Å². The van der Waals surface area contributed by atoms with E-state index < -0.39 is 0 Å². The highest BCUT2D eigenvalue weighted by Gasteiger charge is 2.34. The monoisotopic (exact) mass is 269 g/mol. The molecule has 0 aromatic rings. The first-order chi connectivity index (χ1) is 8.99. The van der Waals surface area contributed by atoms with Crippen LogP contribution in [0.5, 0.6) is 0 Å². The lowest BCUT2D eigenvalue weighted by Crippen LogP contribution is -2.37. The lowest BCUT2D eigenvalue weighted by molar-refractivity contribution is -0.147. The van der Waals surface area contributed by atoms with Crippen molar-refractivity contribution in [3.8, 4) is 0 Å². The fraction of sp³-hybridized carbons (Fsp3) is 0.938. The maximum absolute atomic E-state index is 11.6. The van der Waals surface area contributed by atoms with Gasteiger partial charge in [-0.2, -0.15) is 0 Å². The summed E-state index contributed by atoms with van der Waals surface area (Å²) in [4.78, 5) is 11.6. The van der Waals surface area contributed by atoms with Gasteiger partial charge in [-0.05, 0) is 37.5 Å². The molecular formula is C16H31NO2. The van der Waals surface area contributed by atoms with E-state index in [2.05, 4.69) is 19.2 Å². The minimum absolute atomic E-state index is 0.0440. The Morgan fingerprint density at radius 1 is 1.26 bits per heavy atom. The Morgan fingerprint density at radius 3 is 2.42 bits per heavy atom. The Hall–Kier alpha value is -0.570. The Kier molecular flexibility index (Phi) is 6.84. The Labute approximate surface area is 118 Å². The summed E-state index contributed by atoms with van der Waals surface area (Å²) in [6, 6.07) is 0. The molecule has 1 aliphatic rings. The highest BCUT2D eigenvalue weighted by atomic mass is 16.5. The molecule has 3 heteroatoms. The average molecular weight is 269 g/mol. The minimum atomic E-state index is -0.0840. The molecular weight excluding hydrogens is 238 g/mol. The minimum Gasteiger partial charge on any atom is -0.466 e. The number of esters is 1. The van der Waals surface area contributed by atoms with E-state index in [0.717, 1.165) is 19.0 Å². The molecule has 0 aromatic heterocycles. The predicted octanol–water partition coefficient (Wildman–Crippen LogP) is 3.38. The van der Waals surface area contributed by atoms with Crippen molar-refractivity contribution in [3.63, 3.8) is 0 Å². The van der Waals surface area contributed by atoms with Gasteiger partial charge in [0.15, 0.2) is 0 Å². The average Bonchev–Trinajstić information content (AvgIpc) is 2.77. The van der Waals surface area contributed by atoms with E-state index in [1.165, 1.54) is 32.1 Å². The zero-order chi connectivity index (χ0) is 14.3. The first-order valence-electron chi connectivity index (χ1n) is 7.86. The van der Waals surface area contributed by atoms with Gasteiger partial charge in [-0.25, -0.2) is 0 Å². The molecule has 0 aromatic carbocycles. The van der Waals surface area contributed by atoms with E-state index in [4.69, 9.17) is 4.74 Å². The molecule has 0 heterocycles. The Bertz CT molecular complexity index is 270. The van der Waals surface area contributed by atoms with Gasteiger partial charge in [0.2, 0.25) is 0 Å². The molecule has 1 saturated carbocycles. The van der Waals surface area contributed by atoms with Gasteiger partial charge in [0.05, 0.1) is 12.5 Å². The summed E-state index contributed by atoms with van der Waals surface area (Å²) in [5.41, 5.74) is 0.475. The molecule has 1 unspecified atom stereocenters. The van der Waals surface area contributed by atoms with Crippen molar-refractivity contribution in [2.24, 2.45) is 17.3 Å². The molecule has 19 heavy (non-hydrogen) atoms. The Balaban J connectivity index is 2.34. The molecule has 0 bridgehead atoms. The normalized spacial score (nSPS) is 19.6. The first-order valence-corrected chi connectivity index (χ1v) is 7.86. The maximum atomic E-state index is 11.6. The van der Waals surface area contributed by atoms with Crippen molar-refractivity contribution < 1.29 is 9.53 Å². The topological polar surface area (TPSA) is 38.3 Å². The number of carbonyl (C=O) groups excluding carboxylic acids is 1. The van der Waals surface area contributed by atoms with E-state index in [1.54, 1.807) is 0 Å². The van der Waals surface area contributed by atoms with Gasteiger partial charge in [0, 0.05) is 13.1 Å². The summed E-state index contributed by atoms with van der Waals surface area (Å²) in [5.74, 6) is 0.624. The lowest BCUT2D eigenvalue weighted by Gasteiger charge is -2.31. The zero-order valence-corrected chi connectivity index (χ0v) is 13.1. The third-order valence-corrected chi connectivity index (χ3v) is 4.14. The zero-order valence-electron chi connectivity index (χ0n) is 13.1. The van der Waals surface area contributed by atoms with E-state index in [1.807, 2.05) is 13.8 Å². The summed E-state index contributed by atoms with van der Waals surface area (Å²) in [7, 11) is 0. The standard InChI is InChI=1S/C16H31NO2/c1-5-19-15(18)14(4)11-17-12-16(10-13(2)3)8-6-7-9-16/h13-14,17H,5-12H2,1-4H3.